The summed E-state index contributed by atoms with van der Waals surface area (Å²) >= 11 is 0. The quantitative estimate of drug-likeness (QED) is 0.807. The van der Waals surface area contributed by atoms with Crippen LogP contribution in [0.4, 0.5) is 5.69 Å². The maximum atomic E-state index is 4.31. The van der Waals surface area contributed by atoms with E-state index in [2.05, 4.69) is 35.5 Å². The zero-order valence-electron chi connectivity index (χ0n) is 9.61. The first-order valence-electron chi connectivity index (χ1n) is 5.78. The molecule has 0 atom stereocenters. The van der Waals surface area contributed by atoms with Crippen LogP contribution in [0, 0.1) is 0 Å². The van der Waals surface area contributed by atoms with Crippen LogP contribution in [0.3, 0.4) is 0 Å². The zero-order chi connectivity index (χ0) is 10.7. The Morgan fingerprint density at radius 2 is 2.20 bits per heavy atom. The van der Waals surface area contributed by atoms with Crippen LogP contribution in [0.2, 0.25) is 0 Å². The number of aryl methyl sites for hydroxylation is 1. The van der Waals surface area contributed by atoms with Crippen molar-refractivity contribution in [2.45, 2.75) is 32.4 Å². The Hall–Kier alpha value is -1.03. The number of nitrogens with one attached hydrogen (secondary N) is 1. The molecule has 0 bridgehead atoms. The Labute approximate surface area is 91.3 Å². The lowest BCUT2D eigenvalue weighted by atomic mass is 10.1. The normalized spacial score (nSPS) is 18.4. The number of rotatable bonds is 3. The lowest BCUT2D eigenvalue weighted by Crippen LogP contribution is -2.41. The predicted octanol–water partition coefficient (Wildman–Crippen LogP) is 1.09. The summed E-state index contributed by atoms with van der Waals surface area (Å²) in [5.41, 5.74) is 1.27. The van der Waals surface area contributed by atoms with Crippen molar-refractivity contribution in [2.75, 3.05) is 25.0 Å². The Morgan fingerprint density at radius 3 is 2.73 bits per heavy atom. The molecule has 1 aliphatic heterocycles. The average molecular weight is 208 g/mol. The molecule has 2 rings (SSSR count). The van der Waals surface area contributed by atoms with E-state index in [1.54, 1.807) is 0 Å². The Balaban J connectivity index is 1.95. The van der Waals surface area contributed by atoms with E-state index in [1.165, 1.54) is 18.5 Å². The van der Waals surface area contributed by atoms with Gasteiger partial charge < -0.3 is 10.2 Å². The van der Waals surface area contributed by atoms with Crippen LogP contribution in [-0.2, 0) is 6.54 Å². The highest BCUT2D eigenvalue weighted by Crippen LogP contribution is 2.18. The predicted molar refractivity (Wildman–Crippen MR) is 62.2 cm³/mol. The van der Waals surface area contributed by atoms with Crippen LogP contribution in [0.1, 0.15) is 19.8 Å². The third-order valence-electron chi connectivity index (χ3n) is 3.21. The van der Waals surface area contributed by atoms with Gasteiger partial charge in [-0.2, -0.15) is 5.10 Å². The van der Waals surface area contributed by atoms with Gasteiger partial charge in [-0.3, -0.25) is 4.68 Å². The van der Waals surface area contributed by atoms with Gasteiger partial charge >= 0.3 is 0 Å². The fourth-order valence-electron chi connectivity index (χ4n) is 2.12. The molecule has 84 valence electrons. The first-order valence-corrected chi connectivity index (χ1v) is 5.78. The second-order valence-electron chi connectivity index (χ2n) is 4.10. The van der Waals surface area contributed by atoms with Gasteiger partial charge in [0.1, 0.15) is 0 Å². The molecule has 0 radical (unpaired) electrons. The standard InChI is InChI=1S/C11H20N4/c1-3-15-9-11(8-13-15)14-6-4-10(12-2)5-7-14/h8-10,12H,3-7H2,1-2H3. The minimum absolute atomic E-state index is 0.697. The van der Waals surface area contributed by atoms with Crippen molar-refractivity contribution in [3.05, 3.63) is 12.4 Å². The van der Waals surface area contributed by atoms with E-state index >= 15 is 0 Å². The minimum Gasteiger partial charge on any atom is -0.369 e. The van der Waals surface area contributed by atoms with E-state index in [0.717, 1.165) is 19.6 Å². The molecular weight excluding hydrogens is 188 g/mol. The topological polar surface area (TPSA) is 33.1 Å². The van der Waals surface area contributed by atoms with Gasteiger partial charge in [0.25, 0.3) is 0 Å². The maximum Gasteiger partial charge on any atom is 0.0752 e. The lowest BCUT2D eigenvalue weighted by Gasteiger charge is -2.32. The molecule has 1 aromatic rings. The van der Waals surface area contributed by atoms with Gasteiger partial charge in [0.05, 0.1) is 11.9 Å². The first-order chi connectivity index (χ1) is 7.33. The van der Waals surface area contributed by atoms with E-state index in [-0.39, 0.29) is 0 Å². The molecule has 0 saturated carbocycles. The summed E-state index contributed by atoms with van der Waals surface area (Å²) in [4.78, 5) is 2.42. The molecule has 0 aromatic carbocycles. The van der Waals surface area contributed by atoms with Crippen LogP contribution >= 0.6 is 0 Å². The molecule has 0 aliphatic carbocycles. The van der Waals surface area contributed by atoms with Gasteiger partial charge in [0, 0.05) is 31.9 Å². The van der Waals surface area contributed by atoms with Crippen molar-refractivity contribution < 1.29 is 0 Å². The van der Waals surface area contributed by atoms with Crippen LogP contribution in [-0.4, -0.2) is 36.0 Å². The van der Waals surface area contributed by atoms with Crippen molar-refractivity contribution in [3.8, 4) is 0 Å². The van der Waals surface area contributed by atoms with E-state index in [9.17, 15) is 0 Å². The van der Waals surface area contributed by atoms with Crippen molar-refractivity contribution in [2.24, 2.45) is 0 Å². The summed E-state index contributed by atoms with van der Waals surface area (Å²) in [6, 6.07) is 0.697. The summed E-state index contributed by atoms with van der Waals surface area (Å²) in [5, 5.41) is 7.65. The monoisotopic (exact) mass is 208 g/mol. The highest BCUT2D eigenvalue weighted by atomic mass is 15.3. The van der Waals surface area contributed by atoms with Crippen LogP contribution in [0.15, 0.2) is 12.4 Å². The van der Waals surface area contributed by atoms with Crippen molar-refractivity contribution >= 4 is 5.69 Å². The summed E-state index contributed by atoms with van der Waals surface area (Å²) in [5.74, 6) is 0. The van der Waals surface area contributed by atoms with Crippen molar-refractivity contribution in [1.29, 1.82) is 0 Å². The molecule has 1 aromatic heterocycles. The number of anilines is 1. The summed E-state index contributed by atoms with van der Waals surface area (Å²) in [7, 11) is 2.05. The molecule has 0 unspecified atom stereocenters. The summed E-state index contributed by atoms with van der Waals surface area (Å²) in [6.45, 7) is 5.35. The zero-order valence-corrected chi connectivity index (χ0v) is 9.61. The molecule has 4 nitrogen and oxygen atoms in total. The first kappa shape index (κ1) is 10.5. The molecule has 1 saturated heterocycles. The highest BCUT2D eigenvalue weighted by Gasteiger charge is 2.18. The van der Waals surface area contributed by atoms with Crippen LogP contribution in [0.5, 0.6) is 0 Å². The average Bonchev–Trinajstić information content (AvgIpc) is 2.78. The van der Waals surface area contributed by atoms with Gasteiger partial charge in [0.2, 0.25) is 0 Å². The number of hydrogen-bond donors (Lipinski definition) is 1. The minimum atomic E-state index is 0.697. The van der Waals surface area contributed by atoms with Crippen molar-refractivity contribution in [3.63, 3.8) is 0 Å². The number of aromatic nitrogens is 2. The molecule has 1 N–H and O–H groups in total. The number of piperidine rings is 1. The molecule has 1 fully saturated rings. The highest BCUT2D eigenvalue weighted by molar-refractivity contribution is 5.42. The molecule has 1 aliphatic rings. The molecular formula is C11H20N4. The van der Waals surface area contributed by atoms with E-state index in [0.29, 0.717) is 6.04 Å². The summed E-state index contributed by atoms with van der Waals surface area (Å²) in [6.07, 6.45) is 6.57. The van der Waals surface area contributed by atoms with E-state index in [1.807, 2.05) is 10.9 Å². The third kappa shape index (κ3) is 2.31. The summed E-state index contributed by atoms with van der Waals surface area (Å²) < 4.78 is 1.99. The molecule has 15 heavy (non-hydrogen) atoms. The Morgan fingerprint density at radius 1 is 1.47 bits per heavy atom. The smallest absolute Gasteiger partial charge is 0.0752 e. The molecule has 2 heterocycles. The second-order valence-corrected chi connectivity index (χ2v) is 4.10. The van der Waals surface area contributed by atoms with Gasteiger partial charge in [-0.25, -0.2) is 0 Å². The van der Waals surface area contributed by atoms with E-state index in [4.69, 9.17) is 0 Å². The molecule has 0 amide bonds. The SMILES string of the molecule is CCn1cc(N2CCC(NC)CC2)cn1. The van der Waals surface area contributed by atoms with Crippen LogP contribution < -0.4 is 10.2 Å². The second kappa shape index (κ2) is 4.66. The number of hydrogen-bond acceptors (Lipinski definition) is 3. The van der Waals surface area contributed by atoms with Crippen molar-refractivity contribution in [1.82, 2.24) is 15.1 Å². The Kier molecular flexibility index (Phi) is 3.26. The van der Waals surface area contributed by atoms with Crippen LogP contribution in [0.25, 0.3) is 0 Å². The Bertz CT molecular complexity index is 299. The number of nitrogens with zero attached hydrogens (tertiary/aromatic N) is 3. The third-order valence-corrected chi connectivity index (χ3v) is 3.21. The molecule has 0 spiro atoms. The lowest BCUT2D eigenvalue weighted by molar-refractivity contribution is 0.442. The van der Waals surface area contributed by atoms with Gasteiger partial charge in [-0.05, 0) is 26.8 Å². The van der Waals surface area contributed by atoms with Gasteiger partial charge in [-0.15, -0.1) is 0 Å². The fourth-order valence-corrected chi connectivity index (χ4v) is 2.12. The largest absolute Gasteiger partial charge is 0.369 e. The van der Waals surface area contributed by atoms with Gasteiger partial charge in [0.15, 0.2) is 0 Å². The molecule has 4 heteroatoms. The maximum absolute atomic E-state index is 4.31. The van der Waals surface area contributed by atoms with E-state index < -0.39 is 0 Å². The fraction of sp³-hybridized carbons (Fsp3) is 0.727. The van der Waals surface area contributed by atoms with Gasteiger partial charge in [-0.1, -0.05) is 0 Å².